The number of hydrogen-bond donors (Lipinski definition) is 3. The highest BCUT2D eigenvalue weighted by molar-refractivity contribution is 7.89. The number of nitrogens with zero attached hydrogens (tertiary/aromatic N) is 2. The lowest BCUT2D eigenvalue weighted by molar-refractivity contribution is -0.0312. The molecular formula is C26H36N4O8S2. The molecule has 40 heavy (non-hydrogen) atoms. The van der Waals surface area contributed by atoms with Gasteiger partial charge in [0.05, 0.1) is 30.3 Å². The highest BCUT2D eigenvalue weighted by Crippen LogP contribution is 2.37. The first-order valence-corrected chi connectivity index (χ1v) is 16.3. The predicted octanol–water partition coefficient (Wildman–Crippen LogP) is 0.404. The molecule has 0 radical (unpaired) electrons. The molecule has 3 aliphatic heterocycles. The van der Waals surface area contributed by atoms with Crippen LogP contribution in [0.5, 0.6) is 5.75 Å². The molecule has 1 unspecified atom stereocenters. The number of rotatable bonds is 10. The highest BCUT2D eigenvalue weighted by Gasteiger charge is 2.44. The predicted molar refractivity (Wildman–Crippen MR) is 145 cm³/mol. The van der Waals surface area contributed by atoms with Gasteiger partial charge < -0.3 is 24.6 Å². The van der Waals surface area contributed by atoms with Gasteiger partial charge in [0, 0.05) is 55.6 Å². The Morgan fingerprint density at radius 3 is 2.77 bits per heavy atom. The number of nitrogens with one attached hydrogen (secondary N) is 2. The monoisotopic (exact) mass is 596 g/mol. The zero-order valence-electron chi connectivity index (χ0n) is 22.4. The summed E-state index contributed by atoms with van der Waals surface area (Å²) in [7, 11) is -5.91. The van der Waals surface area contributed by atoms with Gasteiger partial charge in [-0.3, -0.25) is 4.98 Å². The molecule has 0 bridgehead atoms. The molecule has 12 nitrogen and oxygen atoms in total. The number of benzene rings is 1. The fourth-order valence-electron chi connectivity index (χ4n) is 5.37. The van der Waals surface area contributed by atoms with E-state index < -0.39 is 31.8 Å². The van der Waals surface area contributed by atoms with Crippen LogP contribution in [-0.4, -0.2) is 95.5 Å². The molecule has 4 heterocycles. The maximum atomic E-state index is 13.3. The third kappa shape index (κ3) is 6.49. The van der Waals surface area contributed by atoms with E-state index in [-0.39, 0.29) is 29.0 Å². The zero-order valence-corrected chi connectivity index (χ0v) is 24.0. The molecular weight excluding hydrogens is 560 g/mol. The maximum absolute atomic E-state index is 13.3. The third-order valence-electron chi connectivity index (χ3n) is 7.73. The quantitative estimate of drug-likeness (QED) is 0.351. The Morgan fingerprint density at radius 1 is 1.20 bits per heavy atom. The number of aliphatic hydroxyl groups is 1. The van der Waals surface area contributed by atoms with Crippen molar-refractivity contribution in [1.29, 1.82) is 0 Å². The van der Waals surface area contributed by atoms with Crippen molar-refractivity contribution in [2.75, 3.05) is 46.5 Å². The van der Waals surface area contributed by atoms with Crippen LogP contribution < -0.4 is 14.8 Å². The molecule has 2 saturated heterocycles. The van der Waals surface area contributed by atoms with Gasteiger partial charge in [-0.05, 0) is 44.5 Å². The average molecular weight is 597 g/mol. The van der Waals surface area contributed by atoms with E-state index in [2.05, 4.69) is 15.0 Å². The minimum atomic E-state index is -3.66. The summed E-state index contributed by atoms with van der Waals surface area (Å²) in [6, 6.07) is 7.79. The number of pyridine rings is 1. The van der Waals surface area contributed by atoms with E-state index in [1.54, 1.807) is 18.2 Å². The number of aromatic nitrogens is 1. The van der Waals surface area contributed by atoms with Crippen LogP contribution in [0.4, 0.5) is 0 Å². The van der Waals surface area contributed by atoms with Gasteiger partial charge in [-0.1, -0.05) is 6.07 Å². The fraction of sp³-hybridized carbons (Fsp3) is 0.577. The topological polar surface area (TPSA) is 156 Å². The van der Waals surface area contributed by atoms with Crippen molar-refractivity contribution in [3.05, 3.63) is 47.8 Å². The van der Waals surface area contributed by atoms with E-state index >= 15 is 0 Å². The van der Waals surface area contributed by atoms with Crippen molar-refractivity contribution in [1.82, 2.24) is 19.3 Å². The minimum absolute atomic E-state index is 0.00866. The number of fused-ring (bicyclic) bond motifs is 1. The van der Waals surface area contributed by atoms with Gasteiger partial charge in [0.25, 0.3) is 0 Å². The Morgan fingerprint density at radius 2 is 2.00 bits per heavy atom. The molecule has 3 N–H and O–H groups in total. The summed E-state index contributed by atoms with van der Waals surface area (Å²) >= 11 is 0. The molecule has 1 aromatic heterocycles. The zero-order chi connectivity index (χ0) is 28.4. The number of aliphatic hydroxyl groups excluding tert-OH is 1. The molecule has 1 aromatic carbocycles. The lowest BCUT2D eigenvalue weighted by Gasteiger charge is -2.38. The number of ether oxygens (including phenoxy) is 3. The molecule has 2 fully saturated rings. The van der Waals surface area contributed by atoms with E-state index in [1.165, 1.54) is 29.7 Å². The van der Waals surface area contributed by atoms with Crippen LogP contribution in [0.25, 0.3) is 0 Å². The Balaban J connectivity index is 1.08. The summed E-state index contributed by atoms with van der Waals surface area (Å²) < 4.78 is 71.5. The minimum Gasteiger partial charge on any atom is -0.491 e. The van der Waals surface area contributed by atoms with Crippen LogP contribution in [0.1, 0.15) is 30.5 Å². The van der Waals surface area contributed by atoms with Crippen molar-refractivity contribution in [3.8, 4) is 5.75 Å². The summed E-state index contributed by atoms with van der Waals surface area (Å²) in [5, 5.41) is 13.7. The van der Waals surface area contributed by atoms with Gasteiger partial charge in [-0.15, -0.1) is 0 Å². The number of piperidine rings is 1. The van der Waals surface area contributed by atoms with Crippen LogP contribution in [-0.2, 0) is 42.5 Å². The van der Waals surface area contributed by atoms with Gasteiger partial charge in [0.2, 0.25) is 20.0 Å². The molecule has 0 saturated carbocycles. The first-order valence-electron chi connectivity index (χ1n) is 13.4. The molecule has 220 valence electrons. The van der Waals surface area contributed by atoms with E-state index in [1.807, 2.05) is 0 Å². The lowest BCUT2D eigenvalue weighted by atomic mass is 9.88. The van der Waals surface area contributed by atoms with Crippen LogP contribution in [0, 0.1) is 0 Å². The fourth-order valence-corrected chi connectivity index (χ4v) is 7.57. The standard InChI is InChI=1S/C26H36N4O8S2/c1-27-39(32,33)23-4-2-3-22(12-23)37-18-21(31)14-28-20-13-26(38-17-20)6-8-30(9-7-26)40(34,35)24-11-19-16-36-10-5-25(19)29-15-24/h2-4,11-12,15,20-21,27-28,31H,5-10,13-14,16-18H2,1H3/t20?,21-/m0/s1. The van der Waals surface area contributed by atoms with Gasteiger partial charge in [-0.25, -0.2) is 21.6 Å². The van der Waals surface area contributed by atoms with E-state index in [9.17, 15) is 21.9 Å². The molecule has 2 atom stereocenters. The Labute approximate surface area is 235 Å². The summed E-state index contributed by atoms with van der Waals surface area (Å²) in [6.45, 7) is 2.44. The molecule has 3 aliphatic rings. The summed E-state index contributed by atoms with van der Waals surface area (Å²) in [4.78, 5) is 4.65. The van der Waals surface area contributed by atoms with Crippen molar-refractivity contribution in [3.63, 3.8) is 0 Å². The average Bonchev–Trinajstić information content (AvgIpc) is 3.37. The highest BCUT2D eigenvalue weighted by atomic mass is 32.2. The summed E-state index contributed by atoms with van der Waals surface area (Å²) in [6.07, 6.45) is 3.22. The van der Waals surface area contributed by atoms with Gasteiger partial charge in [-0.2, -0.15) is 4.31 Å². The van der Waals surface area contributed by atoms with Crippen molar-refractivity contribution in [2.24, 2.45) is 0 Å². The van der Waals surface area contributed by atoms with E-state index in [0.717, 1.165) is 17.7 Å². The SMILES string of the molecule is CNS(=O)(=O)c1cccc(OC[C@@H](O)CNC2COC3(CCN(S(=O)(=O)c4cnc5c(c4)COCC5)CC3)C2)c1. The molecule has 5 rings (SSSR count). The second-order valence-electron chi connectivity index (χ2n) is 10.4. The first-order chi connectivity index (χ1) is 19.1. The van der Waals surface area contributed by atoms with Crippen LogP contribution in [0.15, 0.2) is 46.3 Å². The Hall–Kier alpha value is -2.17. The second kappa shape index (κ2) is 12.0. The lowest BCUT2D eigenvalue weighted by Crippen LogP contribution is -2.47. The molecule has 2 aromatic rings. The van der Waals surface area contributed by atoms with Gasteiger partial charge in [0.1, 0.15) is 23.4 Å². The third-order valence-corrected chi connectivity index (χ3v) is 11.0. The normalized spacial score (nSPS) is 22.2. The molecule has 1 spiro atoms. The van der Waals surface area contributed by atoms with E-state index in [4.69, 9.17) is 14.2 Å². The van der Waals surface area contributed by atoms with Crippen LogP contribution in [0.2, 0.25) is 0 Å². The first kappa shape index (κ1) is 29.3. The van der Waals surface area contributed by atoms with Crippen molar-refractivity contribution < 1.29 is 36.2 Å². The van der Waals surface area contributed by atoms with E-state index in [0.29, 0.717) is 57.9 Å². The van der Waals surface area contributed by atoms with Crippen LogP contribution >= 0.6 is 0 Å². The smallest absolute Gasteiger partial charge is 0.244 e. The van der Waals surface area contributed by atoms with Crippen molar-refractivity contribution in [2.45, 2.75) is 59.8 Å². The van der Waals surface area contributed by atoms with Gasteiger partial charge >= 0.3 is 0 Å². The molecule has 14 heteroatoms. The number of hydrogen-bond acceptors (Lipinski definition) is 10. The summed E-state index contributed by atoms with van der Waals surface area (Å²) in [5.41, 5.74) is 1.33. The molecule has 0 amide bonds. The maximum Gasteiger partial charge on any atom is 0.244 e. The van der Waals surface area contributed by atoms with Crippen molar-refractivity contribution >= 4 is 20.0 Å². The number of sulfonamides is 2. The largest absolute Gasteiger partial charge is 0.491 e. The Kier molecular flexibility index (Phi) is 8.78. The second-order valence-corrected chi connectivity index (χ2v) is 14.3. The molecule has 0 aliphatic carbocycles. The Bertz CT molecular complexity index is 1410. The summed E-state index contributed by atoms with van der Waals surface area (Å²) in [5.74, 6) is 0.347. The van der Waals surface area contributed by atoms with Gasteiger partial charge in [0.15, 0.2) is 0 Å². The van der Waals surface area contributed by atoms with Crippen LogP contribution in [0.3, 0.4) is 0 Å².